The highest BCUT2D eigenvalue weighted by Crippen LogP contribution is 2.21. The Morgan fingerprint density at radius 2 is 2.11 bits per heavy atom. The number of nitrogens with zero attached hydrogens (tertiary/aromatic N) is 1. The lowest BCUT2D eigenvalue weighted by Gasteiger charge is -2.14. The summed E-state index contributed by atoms with van der Waals surface area (Å²) in [4.78, 5) is 16.6. The Morgan fingerprint density at radius 1 is 1.22 bits per heavy atom. The van der Waals surface area contributed by atoms with Crippen molar-refractivity contribution >= 4 is 16.7 Å². The SMILES string of the molecule is O=C(C1=CCCCO1)c1ccnc2ccccc12. The van der Waals surface area contributed by atoms with Gasteiger partial charge < -0.3 is 4.74 Å². The predicted molar refractivity (Wildman–Crippen MR) is 69.3 cm³/mol. The van der Waals surface area contributed by atoms with Crippen LogP contribution in [-0.4, -0.2) is 17.4 Å². The summed E-state index contributed by atoms with van der Waals surface area (Å²) in [6, 6.07) is 9.40. The van der Waals surface area contributed by atoms with Crippen molar-refractivity contribution in [3.05, 3.63) is 53.9 Å². The number of allylic oxidation sites excluding steroid dienone is 2. The molecule has 90 valence electrons. The molecule has 0 unspecified atom stereocenters. The van der Waals surface area contributed by atoms with Gasteiger partial charge in [0.2, 0.25) is 5.78 Å². The number of ketones is 1. The van der Waals surface area contributed by atoms with Gasteiger partial charge in [0.05, 0.1) is 12.1 Å². The van der Waals surface area contributed by atoms with Crippen molar-refractivity contribution in [1.82, 2.24) is 4.98 Å². The number of Topliss-reactive ketones (excluding diaryl/α,β-unsaturated/α-hetero) is 1. The topological polar surface area (TPSA) is 39.2 Å². The van der Waals surface area contributed by atoms with Crippen LogP contribution in [0.1, 0.15) is 23.2 Å². The number of rotatable bonds is 2. The standard InChI is InChI=1S/C15H13NO2/c17-15(14-7-3-4-10-18-14)12-8-9-16-13-6-2-1-5-11(12)13/h1-2,5-9H,3-4,10H2. The highest BCUT2D eigenvalue weighted by Gasteiger charge is 2.18. The lowest BCUT2D eigenvalue weighted by Crippen LogP contribution is -2.11. The minimum Gasteiger partial charge on any atom is -0.490 e. The maximum Gasteiger partial charge on any atom is 0.227 e. The average Bonchev–Trinajstić information content (AvgIpc) is 2.47. The van der Waals surface area contributed by atoms with Crippen LogP contribution in [0.25, 0.3) is 10.9 Å². The van der Waals surface area contributed by atoms with E-state index in [1.54, 1.807) is 12.3 Å². The van der Waals surface area contributed by atoms with E-state index in [1.165, 1.54) is 0 Å². The number of ether oxygens (including phenoxy) is 1. The summed E-state index contributed by atoms with van der Waals surface area (Å²) in [5, 5.41) is 0.875. The molecule has 3 nitrogen and oxygen atoms in total. The third-order valence-electron chi connectivity index (χ3n) is 3.05. The number of para-hydroxylation sites is 1. The summed E-state index contributed by atoms with van der Waals surface area (Å²) in [7, 11) is 0. The smallest absolute Gasteiger partial charge is 0.227 e. The zero-order chi connectivity index (χ0) is 12.4. The minimum atomic E-state index is -0.0479. The molecule has 0 spiro atoms. The van der Waals surface area contributed by atoms with E-state index in [-0.39, 0.29) is 5.78 Å². The number of pyridine rings is 1. The van der Waals surface area contributed by atoms with Crippen LogP contribution in [0.5, 0.6) is 0 Å². The Kier molecular flexibility index (Phi) is 2.81. The van der Waals surface area contributed by atoms with Gasteiger partial charge in [0, 0.05) is 17.1 Å². The number of fused-ring (bicyclic) bond motifs is 1. The summed E-state index contributed by atoms with van der Waals surface area (Å²) in [6.45, 7) is 0.626. The zero-order valence-corrected chi connectivity index (χ0v) is 9.93. The van der Waals surface area contributed by atoms with Crippen LogP contribution in [0, 0.1) is 0 Å². The molecule has 2 aromatic rings. The van der Waals surface area contributed by atoms with Crippen molar-refractivity contribution in [3.63, 3.8) is 0 Å². The van der Waals surface area contributed by atoms with E-state index < -0.39 is 0 Å². The molecule has 3 rings (SSSR count). The Bertz CT molecular complexity index is 626. The highest BCUT2D eigenvalue weighted by atomic mass is 16.5. The van der Waals surface area contributed by atoms with Crippen molar-refractivity contribution in [1.29, 1.82) is 0 Å². The quantitative estimate of drug-likeness (QED) is 0.756. The first-order valence-corrected chi connectivity index (χ1v) is 6.08. The van der Waals surface area contributed by atoms with Gasteiger partial charge in [-0.15, -0.1) is 0 Å². The van der Waals surface area contributed by atoms with Crippen molar-refractivity contribution in [3.8, 4) is 0 Å². The molecular weight excluding hydrogens is 226 g/mol. The van der Waals surface area contributed by atoms with Gasteiger partial charge in [-0.3, -0.25) is 9.78 Å². The lowest BCUT2D eigenvalue weighted by atomic mass is 10.0. The van der Waals surface area contributed by atoms with Gasteiger partial charge in [0.15, 0.2) is 5.76 Å². The van der Waals surface area contributed by atoms with Gasteiger partial charge in [0.25, 0.3) is 0 Å². The number of hydrogen-bond acceptors (Lipinski definition) is 3. The fraction of sp³-hybridized carbons (Fsp3) is 0.200. The Morgan fingerprint density at radius 3 is 2.94 bits per heavy atom. The fourth-order valence-electron chi connectivity index (χ4n) is 2.14. The molecule has 1 aromatic carbocycles. The molecule has 18 heavy (non-hydrogen) atoms. The summed E-state index contributed by atoms with van der Waals surface area (Å²) in [5.74, 6) is 0.422. The van der Waals surface area contributed by atoms with Crippen LogP contribution in [0.15, 0.2) is 48.4 Å². The van der Waals surface area contributed by atoms with E-state index in [9.17, 15) is 4.79 Å². The number of carbonyl (C=O) groups is 1. The Labute approximate surface area is 105 Å². The summed E-state index contributed by atoms with van der Waals surface area (Å²) >= 11 is 0. The monoisotopic (exact) mass is 239 g/mol. The number of aromatic nitrogens is 1. The molecular formula is C15H13NO2. The van der Waals surface area contributed by atoms with Crippen LogP contribution in [0.2, 0.25) is 0 Å². The van der Waals surface area contributed by atoms with E-state index in [2.05, 4.69) is 4.98 Å². The molecule has 0 bridgehead atoms. The third kappa shape index (κ3) is 1.88. The Balaban J connectivity index is 2.09. The van der Waals surface area contributed by atoms with Crippen molar-refractivity contribution in [2.45, 2.75) is 12.8 Å². The average molecular weight is 239 g/mol. The van der Waals surface area contributed by atoms with Crippen LogP contribution in [-0.2, 0) is 4.74 Å². The second-order valence-electron chi connectivity index (χ2n) is 4.26. The van der Waals surface area contributed by atoms with Crippen LogP contribution in [0.3, 0.4) is 0 Å². The highest BCUT2D eigenvalue weighted by molar-refractivity contribution is 6.14. The van der Waals surface area contributed by atoms with Gasteiger partial charge >= 0.3 is 0 Å². The van der Waals surface area contributed by atoms with Gasteiger partial charge in [-0.2, -0.15) is 0 Å². The molecule has 1 aromatic heterocycles. The van der Waals surface area contributed by atoms with Crippen molar-refractivity contribution in [2.24, 2.45) is 0 Å². The van der Waals surface area contributed by atoms with E-state index >= 15 is 0 Å². The van der Waals surface area contributed by atoms with E-state index in [0.717, 1.165) is 23.7 Å². The second kappa shape index (κ2) is 4.61. The van der Waals surface area contributed by atoms with E-state index in [1.807, 2.05) is 30.3 Å². The number of carbonyl (C=O) groups excluding carboxylic acids is 1. The number of benzene rings is 1. The molecule has 0 radical (unpaired) electrons. The summed E-state index contributed by atoms with van der Waals surface area (Å²) in [5.41, 5.74) is 1.49. The summed E-state index contributed by atoms with van der Waals surface area (Å²) in [6.07, 6.45) is 5.43. The van der Waals surface area contributed by atoms with E-state index in [4.69, 9.17) is 4.74 Å². The molecule has 0 saturated heterocycles. The first kappa shape index (κ1) is 11.0. The minimum absolute atomic E-state index is 0.0479. The van der Waals surface area contributed by atoms with E-state index in [0.29, 0.717) is 17.9 Å². The second-order valence-corrected chi connectivity index (χ2v) is 4.26. The molecule has 1 aliphatic heterocycles. The molecule has 1 aliphatic rings. The van der Waals surface area contributed by atoms with Gasteiger partial charge in [0.1, 0.15) is 0 Å². The molecule has 0 saturated carbocycles. The third-order valence-corrected chi connectivity index (χ3v) is 3.05. The van der Waals surface area contributed by atoms with Crippen LogP contribution in [0.4, 0.5) is 0 Å². The summed E-state index contributed by atoms with van der Waals surface area (Å²) < 4.78 is 5.43. The first-order valence-electron chi connectivity index (χ1n) is 6.08. The molecule has 0 amide bonds. The normalized spacial score (nSPS) is 15.0. The zero-order valence-electron chi connectivity index (χ0n) is 9.93. The van der Waals surface area contributed by atoms with Gasteiger partial charge in [-0.1, -0.05) is 18.2 Å². The predicted octanol–water partition coefficient (Wildman–Crippen LogP) is 3.11. The number of hydrogen-bond donors (Lipinski definition) is 0. The molecule has 0 atom stereocenters. The molecule has 0 fully saturated rings. The molecule has 0 aliphatic carbocycles. The molecule has 3 heteroatoms. The first-order chi connectivity index (χ1) is 8.86. The largest absolute Gasteiger partial charge is 0.490 e. The maximum atomic E-state index is 12.4. The maximum absolute atomic E-state index is 12.4. The molecule has 2 heterocycles. The van der Waals surface area contributed by atoms with Crippen molar-refractivity contribution in [2.75, 3.05) is 6.61 Å². The lowest BCUT2D eigenvalue weighted by molar-refractivity contribution is 0.0900. The van der Waals surface area contributed by atoms with Crippen LogP contribution < -0.4 is 0 Å². The Hall–Kier alpha value is -2.16. The fourth-order valence-corrected chi connectivity index (χ4v) is 2.14. The van der Waals surface area contributed by atoms with Crippen molar-refractivity contribution < 1.29 is 9.53 Å². The molecule has 0 N–H and O–H groups in total. The van der Waals surface area contributed by atoms with Gasteiger partial charge in [-0.25, -0.2) is 0 Å². The van der Waals surface area contributed by atoms with Gasteiger partial charge in [-0.05, 0) is 31.1 Å². The van der Waals surface area contributed by atoms with Crippen LogP contribution >= 0.6 is 0 Å².